The summed E-state index contributed by atoms with van der Waals surface area (Å²) in [5.74, 6) is -0.970. The second-order valence-electron chi connectivity index (χ2n) is 6.81. The number of imide groups is 1. The van der Waals surface area contributed by atoms with Crippen LogP contribution in [0.4, 0.5) is 4.39 Å². The van der Waals surface area contributed by atoms with E-state index >= 15 is 0 Å². The number of fused-ring (bicyclic) bond motifs is 2. The lowest BCUT2D eigenvalue weighted by molar-refractivity contribution is 0.0595. The molecule has 4 nitrogen and oxygen atoms in total. The Kier molecular flexibility index (Phi) is 4.51. The van der Waals surface area contributed by atoms with Gasteiger partial charge in [0.15, 0.2) is 0 Å². The number of halogens is 1. The topological polar surface area (TPSA) is 50.3 Å². The quantitative estimate of drug-likeness (QED) is 0.593. The summed E-state index contributed by atoms with van der Waals surface area (Å²) in [6.07, 6.45) is 4.62. The minimum atomic E-state index is -0.508. The van der Waals surface area contributed by atoms with Gasteiger partial charge in [-0.1, -0.05) is 25.1 Å². The van der Waals surface area contributed by atoms with Crippen molar-refractivity contribution in [1.29, 1.82) is 0 Å². The molecular formula is C23H19FN2O2. The summed E-state index contributed by atoms with van der Waals surface area (Å²) in [7, 11) is 0. The van der Waals surface area contributed by atoms with E-state index in [1.165, 1.54) is 17.0 Å². The summed E-state index contributed by atoms with van der Waals surface area (Å²) in [5, 5.41) is 0.758. The molecule has 0 aliphatic carbocycles. The van der Waals surface area contributed by atoms with Crippen LogP contribution in [0.15, 0.2) is 54.6 Å². The highest BCUT2D eigenvalue weighted by Gasteiger charge is 2.39. The molecule has 0 N–H and O–H groups in total. The number of amides is 2. The third-order valence-electron chi connectivity index (χ3n) is 5.01. The normalized spacial score (nSPS) is 14.9. The summed E-state index contributed by atoms with van der Waals surface area (Å²) in [6.45, 7) is 3.82. The Balaban J connectivity index is 1.84. The van der Waals surface area contributed by atoms with Gasteiger partial charge in [0.25, 0.3) is 11.8 Å². The predicted octanol–water partition coefficient (Wildman–Crippen LogP) is 5.15. The third kappa shape index (κ3) is 2.89. The highest BCUT2D eigenvalue weighted by Crippen LogP contribution is 2.34. The summed E-state index contributed by atoms with van der Waals surface area (Å²) in [4.78, 5) is 31.6. The minimum absolute atomic E-state index is 0.308. The van der Waals surface area contributed by atoms with Gasteiger partial charge in [-0.2, -0.15) is 0 Å². The summed E-state index contributed by atoms with van der Waals surface area (Å²) >= 11 is 0. The zero-order chi connectivity index (χ0) is 19.8. The van der Waals surface area contributed by atoms with Crippen LogP contribution in [0.25, 0.3) is 17.0 Å². The van der Waals surface area contributed by atoms with Gasteiger partial charge in [0.2, 0.25) is 0 Å². The minimum Gasteiger partial charge on any atom is -0.269 e. The zero-order valence-electron chi connectivity index (χ0n) is 15.6. The van der Waals surface area contributed by atoms with Crippen molar-refractivity contribution in [3.8, 4) is 0 Å². The molecule has 2 heterocycles. The lowest BCUT2D eigenvalue weighted by Gasteiger charge is -2.24. The van der Waals surface area contributed by atoms with Crippen molar-refractivity contribution < 1.29 is 14.0 Å². The largest absolute Gasteiger partial charge is 0.269 e. The van der Waals surface area contributed by atoms with Crippen molar-refractivity contribution >= 4 is 28.8 Å². The highest BCUT2D eigenvalue weighted by molar-refractivity contribution is 6.21. The predicted molar refractivity (Wildman–Crippen MR) is 106 cm³/mol. The third-order valence-corrected chi connectivity index (χ3v) is 5.01. The Morgan fingerprint density at radius 1 is 1.07 bits per heavy atom. The molecule has 1 aromatic heterocycles. The Labute approximate surface area is 162 Å². The molecule has 1 aliphatic heterocycles. The smallest absolute Gasteiger partial charge is 0.262 e. The SMILES string of the molecule is CCC=Cc1nc2cc(F)ccc2cc1C(C)N1C(=O)c2ccccc2C1=O. The van der Waals surface area contributed by atoms with Gasteiger partial charge in [-0.25, -0.2) is 9.37 Å². The number of rotatable bonds is 4. The fraction of sp³-hybridized carbons (Fsp3) is 0.174. The first kappa shape index (κ1) is 18.0. The first-order chi connectivity index (χ1) is 13.5. The Morgan fingerprint density at radius 3 is 2.39 bits per heavy atom. The van der Waals surface area contributed by atoms with Gasteiger partial charge in [-0.05, 0) is 49.8 Å². The number of aromatic nitrogens is 1. The van der Waals surface area contributed by atoms with E-state index in [2.05, 4.69) is 4.98 Å². The fourth-order valence-electron chi connectivity index (χ4n) is 3.57. The van der Waals surface area contributed by atoms with Crippen molar-refractivity contribution in [2.45, 2.75) is 26.3 Å². The number of nitrogens with zero attached hydrogens (tertiary/aromatic N) is 2. The van der Waals surface area contributed by atoms with E-state index < -0.39 is 6.04 Å². The van der Waals surface area contributed by atoms with E-state index in [4.69, 9.17) is 0 Å². The van der Waals surface area contributed by atoms with Crippen molar-refractivity contribution in [3.63, 3.8) is 0 Å². The molecule has 0 fully saturated rings. The molecule has 140 valence electrons. The van der Waals surface area contributed by atoms with Gasteiger partial charge < -0.3 is 0 Å². The average Bonchev–Trinajstić information content (AvgIpc) is 2.96. The molecule has 1 unspecified atom stereocenters. The summed E-state index contributed by atoms with van der Waals surface area (Å²) < 4.78 is 13.6. The highest BCUT2D eigenvalue weighted by atomic mass is 19.1. The molecule has 28 heavy (non-hydrogen) atoms. The van der Waals surface area contributed by atoms with Crippen LogP contribution in [-0.4, -0.2) is 21.7 Å². The van der Waals surface area contributed by atoms with E-state index in [0.29, 0.717) is 22.3 Å². The van der Waals surface area contributed by atoms with Crippen LogP contribution in [-0.2, 0) is 0 Å². The van der Waals surface area contributed by atoms with Crippen molar-refractivity contribution in [2.75, 3.05) is 0 Å². The van der Waals surface area contributed by atoms with Gasteiger partial charge in [0.05, 0.1) is 28.4 Å². The first-order valence-corrected chi connectivity index (χ1v) is 9.25. The van der Waals surface area contributed by atoms with E-state index in [1.54, 1.807) is 30.3 Å². The van der Waals surface area contributed by atoms with E-state index in [0.717, 1.165) is 17.4 Å². The molecule has 4 rings (SSSR count). The molecule has 0 bridgehead atoms. The lowest BCUT2D eigenvalue weighted by atomic mass is 10.0. The van der Waals surface area contributed by atoms with Gasteiger partial charge >= 0.3 is 0 Å². The zero-order valence-corrected chi connectivity index (χ0v) is 15.6. The van der Waals surface area contributed by atoms with E-state index in [-0.39, 0.29) is 17.6 Å². The molecular weight excluding hydrogens is 355 g/mol. The molecule has 3 aromatic rings. The Morgan fingerprint density at radius 2 is 1.75 bits per heavy atom. The maximum absolute atomic E-state index is 13.6. The van der Waals surface area contributed by atoms with Gasteiger partial charge in [0, 0.05) is 17.0 Å². The van der Waals surface area contributed by atoms with Crippen molar-refractivity contribution in [2.24, 2.45) is 0 Å². The summed E-state index contributed by atoms with van der Waals surface area (Å²) in [6, 6.07) is 12.6. The van der Waals surface area contributed by atoms with E-state index in [9.17, 15) is 14.0 Å². The number of benzene rings is 2. The number of pyridine rings is 1. The average molecular weight is 374 g/mol. The van der Waals surface area contributed by atoms with Crippen molar-refractivity contribution in [3.05, 3.63) is 82.8 Å². The maximum Gasteiger partial charge on any atom is 0.262 e. The monoisotopic (exact) mass is 374 g/mol. The molecule has 0 saturated carbocycles. The molecule has 5 heteroatoms. The van der Waals surface area contributed by atoms with Crippen LogP contribution in [0, 0.1) is 5.82 Å². The maximum atomic E-state index is 13.6. The summed E-state index contributed by atoms with van der Waals surface area (Å²) in [5.41, 5.74) is 2.75. The van der Waals surface area contributed by atoms with Gasteiger partial charge in [-0.15, -0.1) is 0 Å². The molecule has 2 aromatic carbocycles. The van der Waals surface area contributed by atoms with Crippen LogP contribution in [0.3, 0.4) is 0 Å². The van der Waals surface area contributed by atoms with Crippen LogP contribution >= 0.6 is 0 Å². The van der Waals surface area contributed by atoms with Gasteiger partial charge in [0.1, 0.15) is 5.82 Å². The van der Waals surface area contributed by atoms with Gasteiger partial charge in [-0.3, -0.25) is 14.5 Å². The van der Waals surface area contributed by atoms with Crippen molar-refractivity contribution in [1.82, 2.24) is 9.88 Å². The molecule has 1 atom stereocenters. The Bertz CT molecular complexity index is 1100. The number of allylic oxidation sites excluding steroid dienone is 1. The molecule has 0 saturated heterocycles. The van der Waals surface area contributed by atoms with Crippen LogP contribution in [0.2, 0.25) is 0 Å². The molecule has 0 radical (unpaired) electrons. The number of carbonyl (C=O) groups excluding carboxylic acids is 2. The molecule has 1 aliphatic rings. The standard InChI is InChI=1S/C23H19FN2O2/c1-3-4-9-20-19(12-15-10-11-16(24)13-21(15)25-20)14(2)26-22(27)17-7-5-6-8-18(17)23(26)28/h4-14H,3H2,1-2H3. The fourth-order valence-corrected chi connectivity index (χ4v) is 3.57. The number of carbonyl (C=O) groups is 2. The molecule has 2 amide bonds. The second kappa shape index (κ2) is 7.00. The second-order valence-corrected chi connectivity index (χ2v) is 6.81. The number of hydrogen-bond acceptors (Lipinski definition) is 3. The Hall–Kier alpha value is -3.34. The van der Waals surface area contributed by atoms with E-state index in [1.807, 2.05) is 32.1 Å². The van der Waals surface area contributed by atoms with Crippen LogP contribution in [0.5, 0.6) is 0 Å². The lowest BCUT2D eigenvalue weighted by Crippen LogP contribution is -2.33. The first-order valence-electron chi connectivity index (χ1n) is 9.25. The number of hydrogen-bond donors (Lipinski definition) is 0. The van der Waals surface area contributed by atoms with Crippen LogP contribution in [0.1, 0.15) is 58.3 Å². The molecule has 0 spiro atoms. The van der Waals surface area contributed by atoms with Crippen LogP contribution < -0.4 is 0 Å².